The van der Waals surface area contributed by atoms with E-state index in [1.165, 1.54) is 12.1 Å². The molecule has 0 atom stereocenters. The highest BCUT2D eigenvalue weighted by atomic mass is 79.9. The van der Waals surface area contributed by atoms with Crippen molar-refractivity contribution in [2.75, 3.05) is 13.1 Å². The molecule has 92 valence electrons. The number of carboxylic acid groups (broad SMARTS) is 1. The molecule has 0 bridgehead atoms. The molecule has 1 N–H and O–H groups in total. The Kier molecular flexibility index (Phi) is 3.79. The first kappa shape index (κ1) is 12.5. The molecule has 0 aromatic heterocycles. The number of halogens is 2. The fourth-order valence-corrected chi connectivity index (χ4v) is 2.66. The van der Waals surface area contributed by atoms with Crippen molar-refractivity contribution in [3.05, 3.63) is 34.1 Å². The van der Waals surface area contributed by atoms with Gasteiger partial charge in [0.2, 0.25) is 0 Å². The van der Waals surface area contributed by atoms with Crippen LogP contribution < -0.4 is 0 Å². The Morgan fingerprint density at radius 2 is 2.18 bits per heavy atom. The molecule has 0 saturated carbocycles. The number of hydrogen-bond donors (Lipinski definition) is 1. The third-order valence-electron chi connectivity index (χ3n) is 2.82. The van der Waals surface area contributed by atoms with E-state index in [9.17, 15) is 9.18 Å². The first-order valence-electron chi connectivity index (χ1n) is 5.42. The van der Waals surface area contributed by atoms with Crippen LogP contribution in [0.2, 0.25) is 0 Å². The second kappa shape index (κ2) is 5.14. The minimum atomic E-state index is -0.747. The van der Waals surface area contributed by atoms with Crippen LogP contribution >= 0.6 is 15.9 Å². The monoisotopic (exact) mass is 301 g/mol. The molecule has 0 unspecified atom stereocenters. The number of rotatable bonds is 4. The Morgan fingerprint density at radius 3 is 2.76 bits per heavy atom. The maximum absolute atomic E-state index is 13.1. The summed E-state index contributed by atoms with van der Waals surface area (Å²) in [5.74, 6) is -0.760. The summed E-state index contributed by atoms with van der Waals surface area (Å²) >= 11 is 3.25. The second-order valence-electron chi connectivity index (χ2n) is 4.44. The van der Waals surface area contributed by atoms with Crippen LogP contribution in [0.3, 0.4) is 0 Å². The largest absolute Gasteiger partial charge is 0.481 e. The maximum atomic E-state index is 13.1. The summed E-state index contributed by atoms with van der Waals surface area (Å²) in [4.78, 5) is 12.6. The molecule has 1 heterocycles. The molecule has 2 rings (SSSR count). The summed E-state index contributed by atoms with van der Waals surface area (Å²) < 4.78 is 13.9. The molecule has 0 amide bonds. The van der Waals surface area contributed by atoms with E-state index in [1.54, 1.807) is 0 Å². The lowest BCUT2D eigenvalue weighted by molar-refractivity contribution is -0.139. The van der Waals surface area contributed by atoms with Gasteiger partial charge < -0.3 is 5.11 Å². The van der Waals surface area contributed by atoms with Crippen molar-refractivity contribution in [1.29, 1.82) is 0 Å². The molecule has 1 aromatic rings. The van der Waals surface area contributed by atoms with Gasteiger partial charge in [-0.3, -0.25) is 9.69 Å². The van der Waals surface area contributed by atoms with Crippen molar-refractivity contribution in [3.8, 4) is 0 Å². The molecule has 0 aliphatic carbocycles. The Balaban J connectivity index is 1.85. The standard InChI is InChI=1S/C12H13BrFNO2/c13-10-1-8(2-11(14)4-10)5-15-6-9(7-15)3-12(16)17/h1-2,4,9H,3,5-7H2,(H,16,17). The van der Waals surface area contributed by atoms with Crippen molar-refractivity contribution in [3.63, 3.8) is 0 Å². The van der Waals surface area contributed by atoms with Crippen molar-refractivity contribution >= 4 is 21.9 Å². The van der Waals surface area contributed by atoms with Crippen LogP contribution in [0.4, 0.5) is 4.39 Å². The fourth-order valence-electron chi connectivity index (χ4n) is 2.14. The lowest BCUT2D eigenvalue weighted by atomic mass is 9.96. The van der Waals surface area contributed by atoms with Crippen LogP contribution in [-0.4, -0.2) is 29.1 Å². The summed E-state index contributed by atoms with van der Waals surface area (Å²) in [6.07, 6.45) is 0.226. The molecular weight excluding hydrogens is 289 g/mol. The van der Waals surface area contributed by atoms with Crippen LogP contribution in [0.1, 0.15) is 12.0 Å². The number of aliphatic carboxylic acids is 1. The van der Waals surface area contributed by atoms with Gasteiger partial charge in [-0.25, -0.2) is 4.39 Å². The van der Waals surface area contributed by atoms with Gasteiger partial charge in [0.05, 0.1) is 6.42 Å². The zero-order valence-electron chi connectivity index (χ0n) is 9.20. The number of likely N-dealkylation sites (tertiary alicyclic amines) is 1. The second-order valence-corrected chi connectivity index (χ2v) is 5.35. The van der Waals surface area contributed by atoms with E-state index in [0.29, 0.717) is 6.54 Å². The molecule has 0 spiro atoms. The molecule has 1 aliphatic rings. The topological polar surface area (TPSA) is 40.5 Å². The van der Waals surface area contributed by atoms with Gasteiger partial charge in [-0.1, -0.05) is 15.9 Å². The predicted molar refractivity (Wildman–Crippen MR) is 65.1 cm³/mol. The Morgan fingerprint density at radius 1 is 1.47 bits per heavy atom. The predicted octanol–water partition coefficient (Wildman–Crippen LogP) is 2.49. The van der Waals surface area contributed by atoms with E-state index in [-0.39, 0.29) is 18.2 Å². The lowest BCUT2D eigenvalue weighted by Gasteiger charge is -2.38. The minimum Gasteiger partial charge on any atom is -0.481 e. The average molecular weight is 302 g/mol. The molecule has 1 aromatic carbocycles. The van der Waals surface area contributed by atoms with E-state index < -0.39 is 5.97 Å². The van der Waals surface area contributed by atoms with Crippen LogP contribution in [0, 0.1) is 11.7 Å². The van der Waals surface area contributed by atoms with Gasteiger partial charge in [-0.15, -0.1) is 0 Å². The number of carbonyl (C=O) groups is 1. The molecule has 1 saturated heterocycles. The molecule has 1 aliphatic heterocycles. The van der Waals surface area contributed by atoms with E-state index in [4.69, 9.17) is 5.11 Å². The van der Waals surface area contributed by atoms with Gasteiger partial charge >= 0.3 is 5.97 Å². The maximum Gasteiger partial charge on any atom is 0.303 e. The van der Waals surface area contributed by atoms with Crippen LogP contribution in [0.5, 0.6) is 0 Å². The van der Waals surface area contributed by atoms with Crippen molar-refractivity contribution < 1.29 is 14.3 Å². The van der Waals surface area contributed by atoms with Gasteiger partial charge in [0.15, 0.2) is 0 Å². The summed E-state index contributed by atoms with van der Waals surface area (Å²) in [6, 6.07) is 4.82. The first-order valence-corrected chi connectivity index (χ1v) is 6.21. The molecule has 17 heavy (non-hydrogen) atoms. The summed E-state index contributed by atoms with van der Waals surface area (Å²) in [5.41, 5.74) is 0.908. The lowest BCUT2D eigenvalue weighted by Crippen LogP contribution is -2.46. The Labute approximate surface area is 107 Å². The molecule has 5 heteroatoms. The molecular formula is C12H13BrFNO2. The minimum absolute atomic E-state index is 0.226. The number of nitrogens with zero attached hydrogens (tertiary/aromatic N) is 1. The van der Waals surface area contributed by atoms with Gasteiger partial charge in [0.1, 0.15) is 5.82 Å². The quantitative estimate of drug-likeness (QED) is 0.929. The zero-order valence-corrected chi connectivity index (χ0v) is 10.8. The van der Waals surface area contributed by atoms with Crippen molar-refractivity contribution in [1.82, 2.24) is 4.90 Å². The smallest absolute Gasteiger partial charge is 0.303 e. The van der Waals surface area contributed by atoms with Gasteiger partial charge in [-0.05, 0) is 29.7 Å². The van der Waals surface area contributed by atoms with Crippen molar-refractivity contribution in [2.24, 2.45) is 5.92 Å². The Bertz CT molecular complexity index is 412. The van der Waals surface area contributed by atoms with Gasteiger partial charge in [0, 0.05) is 24.1 Å². The van der Waals surface area contributed by atoms with Crippen molar-refractivity contribution in [2.45, 2.75) is 13.0 Å². The van der Waals surface area contributed by atoms with Gasteiger partial charge in [-0.2, -0.15) is 0 Å². The highest BCUT2D eigenvalue weighted by Gasteiger charge is 2.28. The Hall–Kier alpha value is -0.940. The van der Waals surface area contributed by atoms with E-state index in [0.717, 1.165) is 23.1 Å². The van der Waals surface area contributed by atoms with Gasteiger partial charge in [0.25, 0.3) is 0 Å². The third kappa shape index (κ3) is 3.51. The highest BCUT2D eigenvalue weighted by molar-refractivity contribution is 9.10. The summed E-state index contributed by atoms with van der Waals surface area (Å²) in [7, 11) is 0. The average Bonchev–Trinajstić information content (AvgIpc) is 2.11. The normalized spacial score (nSPS) is 16.8. The van der Waals surface area contributed by atoms with Crippen LogP contribution in [-0.2, 0) is 11.3 Å². The van der Waals surface area contributed by atoms with E-state index in [1.807, 2.05) is 6.07 Å². The van der Waals surface area contributed by atoms with Crippen LogP contribution in [0.15, 0.2) is 22.7 Å². The molecule has 0 radical (unpaired) electrons. The molecule has 1 fully saturated rings. The summed E-state index contributed by atoms with van der Waals surface area (Å²) in [5, 5.41) is 8.62. The number of carboxylic acids is 1. The first-order chi connectivity index (χ1) is 8.02. The van der Waals surface area contributed by atoms with Crippen LogP contribution in [0.25, 0.3) is 0 Å². The van der Waals surface area contributed by atoms with E-state index in [2.05, 4.69) is 20.8 Å². The molecule has 3 nitrogen and oxygen atoms in total. The highest BCUT2D eigenvalue weighted by Crippen LogP contribution is 2.23. The number of benzene rings is 1. The number of hydrogen-bond acceptors (Lipinski definition) is 2. The summed E-state index contributed by atoms with van der Waals surface area (Å²) in [6.45, 7) is 2.23. The van der Waals surface area contributed by atoms with E-state index >= 15 is 0 Å². The zero-order chi connectivity index (χ0) is 12.4. The fraction of sp³-hybridized carbons (Fsp3) is 0.417. The third-order valence-corrected chi connectivity index (χ3v) is 3.28. The SMILES string of the molecule is O=C(O)CC1CN(Cc2cc(F)cc(Br)c2)C1.